The Morgan fingerprint density at radius 2 is 1.89 bits per heavy atom. The molecule has 0 bridgehead atoms. The van der Waals surface area contributed by atoms with Crippen LogP contribution in [0.1, 0.15) is 25.3 Å². The van der Waals surface area contributed by atoms with Gasteiger partial charge in [-0.15, -0.1) is 23.5 Å². The lowest BCUT2D eigenvalue weighted by molar-refractivity contribution is 0.896. The van der Waals surface area contributed by atoms with Crippen molar-refractivity contribution in [3.63, 3.8) is 0 Å². The molecular weight excluding hydrogens is 438 g/mol. The summed E-state index contributed by atoms with van der Waals surface area (Å²) < 4.78 is 1.18. The van der Waals surface area contributed by atoms with Crippen LogP contribution < -0.4 is 5.32 Å². The number of aromatic nitrogens is 2. The highest BCUT2D eigenvalue weighted by atomic mass is 79.9. The Hall–Kier alpha value is -1.24. The summed E-state index contributed by atoms with van der Waals surface area (Å²) in [6.45, 7) is 5.26. The summed E-state index contributed by atoms with van der Waals surface area (Å²) in [5.74, 6) is 2.83. The zero-order valence-corrected chi connectivity index (χ0v) is 18.9. The van der Waals surface area contributed by atoms with Gasteiger partial charge in [0, 0.05) is 38.1 Å². The summed E-state index contributed by atoms with van der Waals surface area (Å²) in [5, 5.41) is 4.39. The number of thioether (sulfide) groups is 2. The Balaban J connectivity index is 1.52. The van der Waals surface area contributed by atoms with Crippen molar-refractivity contribution < 1.29 is 0 Å². The van der Waals surface area contributed by atoms with E-state index in [1.54, 1.807) is 0 Å². The molecule has 1 N–H and O–H groups in total. The molecule has 0 saturated carbocycles. The van der Waals surface area contributed by atoms with Crippen molar-refractivity contribution in [2.75, 3.05) is 23.4 Å². The van der Waals surface area contributed by atoms with E-state index in [0.717, 1.165) is 23.2 Å². The zero-order chi connectivity index (χ0) is 19.1. The minimum Gasteiger partial charge on any atom is -0.353 e. The van der Waals surface area contributed by atoms with Gasteiger partial charge in [0.15, 0.2) is 0 Å². The summed E-state index contributed by atoms with van der Waals surface area (Å²) in [7, 11) is 0. The van der Waals surface area contributed by atoms with Crippen LogP contribution in [-0.4, -0.2) is 28.0 Å². The van der Waals surface area contributed by atoms with E-state index in [4.69, 9.17) is 0 Å². The predicted octanol–water partition coefficient (Wildman–Crippen LogP) is 6.80. The SMILES string of the molecule is CCCCSc1cc(Br)c(SCCNc2ncc3ccccc3n2)cc1C. The second kappa shape index (κ2) is 10.3. The van der Waals surface area contributed by atoms with Gasteiger partial charge in [0.25, 0.3) is 0 Å². The van der Waals surface area contributed by atoms with Gasteiger partial charge in [-0.1, -0.05) is 31.5 Å². The highest BCUT2D eigenvalue weighted by Gasteiger charge is 2.07. The maximum atomic E-state index is 4.56. The molecule has 3 aromatic rings. The number of hydrogen-bond acceptors (Lipinski definition) is 5. The van der Waals surface area contributed by atoms with Gasteiger partial charge in [-0.25, -0.2) is 9.97 Å². The maximum Gasteiger partial charge on any atom is 0.223 e. The minimum absolute atomic E-state index is 0.687. The molecule has 2 aromatic carbocycles. The molecule has 0 atom stereocenters. The Bertz CT molecular complexity index is 902. The maximum absolute atomic E-state index is 4.56. The van der Waals surface area contributed by atoms with Gasteiger partial charge in [-0.05, 0) is 58.8 Å². The predicted molar refractivity (Wildman–Crippen MR) is 123 cm³/mol. The fraction of sp³-hybridized carbons (Fsp3) is 0.333. The van der Waals surface area contributed by atoms with E-state index in [2.05, 4.69) is 57.2 Å². The second-order valence-corrected chi connectivity index (χ2v) is 9.41. The molecule has 0 radical (unpaired) electrons. The van der Waals surface area contributed by atoms with E-state index in [0.29, 0.717) is 5.95 Å². The number of nitrogens with zero attached hydrogens (tertiary/aromatic N) is 2. The summed E-state index contributed by atoms with van der Waals surface area (Å²) >= 11 is 7.53. The Morgan fingerprint density at radius 3 is 2.74 bits per heavy atom. The molecule has 6 heteroatoms. The van der Waals surface area contributed by atoms with E-state index in [9.17, 15) is 0 Å². The summed E-state index contributed by atoms with van der Waals surface area (Å²) in [6.07, 6.45) is 4.38. The topological polar surface area (TPSA) is 37.8 Å². The number of nitrogens with one attached hydrogen (secondary N) is 1. The first-order valence-electron chi connectivity index (χ1n) is 9.18. The lowest BCUT2D eigenvalue weighted by Crippen LogP contribution is -2.07. The van der Waals surface area contributed by atoms with Crippen LogP contribution in [-0.2, 0) is 0 Å². The van der Waals surface area contributed by atoms with Crippen molar-refractivity contribution >= 4 is 56.3 Å². The number of para-hydroxylation sites is 1. The molecule has 0 fully saturated rings. The Labute approximate surface area is 178 Å². The van der Waals surface area contributed by atoms with Gasteiger partial charge in [-0.3, -0.25) is 0 Å². The lowest BCUT2D eigenvalue weighted by Gasteiger charge is -2.11. The highest BCUT2D eigenvalue weighted by molar-refractivity contribution is 9.10. The van der Waals surface area contributed by atoms with E-state index < -0.39 is 0 Å². The molecule has 0 saturated heterocycles. The molecule has 0 aliphatic heterocycles. The summed E-state index contributed by atoms with van der Waals surface area (Å²) in [4.78, 5) is 11.6. The number of halogens is 1. The molecule has 0 aliphatic carbocycles. The van der Waals surface area contributed by atoms with Crippen LogP contribution in [0, 0.1) is 6.92 Å². The number of hydrogen-bond donors (Lipinski definition) is 1. The normalized spacial score (nSPS) is 11.1. The Kier molecular flexibility index (Phi) is 7.85. The third-order valence-corrected chi connectivity index (χ3v) is 7.34. The summed E-state index contributed by atoms with van der Waals surface area (Å²) in [6, 6.07) is 12.6. The van der Waals surface area contributed by atoms with Gasteiger partial charge >= 0.3 is 0 Å². The van der Waals surface area contributed by atoms with Crippen LogP contribution in [0.2, 0.25) is 0 Å². The quantitative estimate of drug-likeness (QED) is 0.280. The molecule has 1 aromatic heterocycles. The number of anilines is 1. The molecule has 0 spiro atoms. The van der Waals surface area contributed by atoms with Crippen molar-refractivity contribution in [3.05, 3.63) is 52.6 Å². The van der Waals surface area contributed by atoms with Crippen LogP contribution in [0.3, 0.4) is 0 Å². The average molecular weight is 462 g/mol. The fourth-order valence-electron chi connectivity index (χ4n) is 2.61. The first kappa shape index (κ1) is 20.5. The van der Waals surface area contributed by atoms with Crippen LogP contribution >= 0.6 is 39.5 Å². The van der Waals surface area contributed by atoms with E-state index in [-0.39, 0.29) is 0 Å². The van der Waals surface area contributed by atoms with Crippen molar-refractivity contribution in [3.8, 4) is 0 Å². The molecule has 0 amide bonds. The molecule has 1 heterocycles. The van der Waals surface area contributed by atoms with Gasteiger partial charge in [-0.2, -0.15) is 0 Å². The monoisotopic (exact) mass is 461 g/mol. The number of rotatable bonds is 9. The molecule has 0 aliphatic rings. The molecule has 3 nitrogen and oxygen atoms in total. The van der Waals surface area contributed by atoms with Crippen LogP contribution in [0.15, 0.2) is 56.9 Å². The standard InChI is InChI=1S/C21H24BrN3S2/c1-3-4-10-26-19-13-17(22)20(12-15(19)2)27-11-9-23-21-24-14-16-7-5-6-8-18(16)25-21/h5-8,12-14H,3-4,9-11H2,1-2H3,(H,23,24,25). The first-order valence-corrected chi connectivity index (χ1v) is 11.9. The third-order valence-electron chi connectivity index (χ3n) is 4.12. The lowest BCUT2D eigenvalue weighted by atomic mass is 10.2. The number of fused-ring (bicyclic) bond motifs is 1. The smallest absolute Gasteiger partial charge is 0.223 e. The largest absolute Gasteiger partial charge is 0.353 e. The van der Waals surface area contributed by atoms with Gasteiger partial charge in [0.2, 0.25) is 5.95 Å². The fourth-order valence-corrected chi connectivity index (χ4v) is 5.47. The molecular formula is C21H24BrN3S2. The second-order valence-electron chi connectivity index (χ2n) is 6.28. The number of unbranched alkanes of at least 4 members (excludes halogenated alkanes) is 1. The first-order chi connectivity index (χ1) is 13.2. The summed E-state index contributed by atoms with van der Waals surface area (Å²) in [5.41, 5.74) is 2.32. The average Bonchev–Trinajstić information content (AvgIpc) is 2.68. The van der Waals surface area contributed by atoms with Gasteiger partial charge in [0.05, 0.1) is 5.52 Å². The van der Waals surface area contributed by atoms with Crippen molar-refractivity contribution in [1.82, 2.24) is 9.97 Å². The number of aryl methyl sites for hydroxylation is 1. The zero-order valence-electron chi connectivity index (χ0n) is 15.7. The van der Waals surface area contributed by atoms with Crippen molar-refractivity contribution in [1.29, 1.82) is 0 Å². The van der Waals surface area contributed by atoms with Crippen molar-refractivity contribution in [2.24, 2.45) is 0 Å². The van der Waals surface area contributed by atoms with E-state index in [1.165, 1.54) is 38.4 Å². The number of benzene rings is 2. The molecule has 0 unspecified atom stereocenters. The molecule has 142 valence electrons. The Morgan fingerprint density at radius 1 is 1.07 bits per heavy atom. The van der Waals surface area contributed by atoms with Crippen LogP contribution in [0.4, 0.5) is 5.95 Å². The third kappa shape index (κ3) is 5.87. The van der Waals surface area contributed by atoms with E-state index in [1.807, 2.05) is 54.0 Å². The van der Waals surface area contributed by atoms with E-state index >= 15 is 0 Å². The van der Waals surface area contributed by atoms with Crippen LogP contribution in [0.5, 0.6) is 0 Å². The molecule has 3 rings (SSSR count). The highest BCUT2D eigenvalue weighted by Crippen LogP contribution is 2.34. The molecule has 27 heavy (non-hydrogen) atoms. The minimum atomic E-state index is 0.687. The van der Waals surface area contributed by atoms with Crippen LogP contribution in [0.25, 0.3) is 10.9 Å². The van der Waals surface area contributed by atoms with Gasteiger partial charge in [0.1, 0.15) is 0 Å². The van der Waals surface area contributed by atoms with Gasteiger partial charge < -0.3 is 5.32 Å². The van der Waals surface area contributed by atoms with Crippen molar-refractivity contribution in [2.45, 2.75) is 36.5 Å².